The van der Waals surface area contributed by atoms with Gasteiger partial charge in [-0.1, -0.05) is 30.3 Å². The molecule has 1 saturated heterocycles. The molecule has 4 heteroatoms. The van der Waals surface area contributed by atoms with Gasteiger partial charge in [0, 0.05) is 30.2 Å². The molecule has 132 valence electrons. The Balaban J connectivity index is 1.47. The molecule has 2 N–H and O–H groups in total. The molecule has 0 amide bonds. The number of phenolic OH excluding ortho intramolecular Hbond substituents is 1. The van der Waals surface area contributed by atoms with E-state index in [1.165, 1.54) is 23.8 Å². The number of phenols is 1. The predicted molar refractivity (Wildman–Crippen MR) is 103 cm³/mol. The highest BCUT2D eigenvalue weighted by Crippen LogP contribution is 2.28. The number of nitrogens with one attached hydrogen (secondary N) is 1. The van der Waals surface area contributed by atoms with Gasteiger partial charge in [-0.3, -0.25) is 4.90 Å². The summed E-state index contributed by atoms with van der Waals surface area (Å²) in [5.74, 6) is 0.981. The number of nitrogens with zero attached hydrogens (tertiary/aromatic N) is 2. The molecule has 1 aliphatic rings. The molecule has 4 nitrogen and oxygen atoms in total. The lowest BCUT2D eigenvalue weighted by molar-refractivity contribution is 0.166. The molecular formula is C22H23N3O. The van der Waals surface area contributed by atoms with Crippen molar-refractivity contribution in [1.82, 2.24) is 9.88 Å². The minimum absolute atomic E-state index is 0.385. The Labute approximate surface area is 153 Å². The molecule has 26 heavy (non-hydrogen) atoms. The van der Waals surface area contributed by atoms with E-state index in [1.807, 2.05) is 30.3 Å². The van der Waals surface area contributed by atoms with Crippen LogP contribution in [-0.2, 0) is 13.0 Å². The van der Waals surface area contributed by atoms with Crippen molar-refractivity contribution in [2.75, 3.05) is 13.1 Å². The van der Waals surface area contributed by atoms with Gasteiger partial charge in [0.2, 0.25) is 0 Å². The number of aromatic nitrogens is 1. The van der Waals surface area contributed by atoms with E-state index >= 15 is 0 Å². The second-order valence-electron chi connectivity index (χ2n) is 7.23. The second kappa shape index (κ2) is 7.23. The monoisotopic (exact) mass is 345 g/mol. The highest BCUT2D eigenvalue weighted by atomic mass is 16.3. The number of para-hydroxylation sites is 2. The average Bonchev–Trinajstić information content (AvgIpc) is 3.07. The third kappa shape index (κ3) is 3.31. The minimum Gasteiger partial charge on any atom is -0.508 e. The smallest absolute Gasteiger partial charge is 0.120 e. The number of H-pyrrole nitrogens is 1. The lowest BCUT2D eigenvalue weighted by Crippen LogP contribution is -2.35. The topological polar surface area (TPSA) is 63.1 Å². The van der Waals surface area contributed by atoms with Crippen molar-refractivity contribution in [3.63, 3.8) is 0 Å². The quantitative estimate of drug-likeness (QED) is 0.745. The maximum absolute atomic E-state index is 10.0. The van der Waals surface area contributed by atoms with Crippen LogP contribution in [0.5, 0.6) is 5.75 Å². The van der Waals surface area contributed by atoms with Gasteiger partial charge in [0.1, 0.15) is 11.8 Å². The number of hydrogen-bond donors (Lipinski definition) is 2. The normalized spacial score (nSPS) is 18.0. The van der Waals surface area contributed by atoms with Gasteiger partial charge in [0.05, 0.1) is 11.1 Å². The summed E-state index contributed by atoms with van der Waals surface area (Å²) < 4.78 is 0. The van der Waals surface area contributed by atoms with Crippen molar-refractivity contribution in [1.29, 1.82) is 5.26 Å². The molecule has 0 radical (unpaired) electrons. The molecule has 1 aliphatic heterocycles. The number of piperidine rings is 1. The Morgan fingerprint density at radius 2 is 2.04 bits per heavy atom. The van der Waals surface area contributed by atoms with Gasteiger partial charge in [-0.25, -0.2) is 0 Å². The first kappa shape index (κ1) is 16.7. The Kier molecular flexibility index (Phi) is 4.64. The van der Waals surface area contributed by atoms with Gasteiger partial charge in [-0.2, -0.15) is 5.26 Å². The van der Waals surface area contributed by atoms with Crippen LogP contribution in [0.25, 0.3) is 10.9 Å². The number of hydrogen-bond acceptors (Lipinski definition) is 3. The van der Waals surface area contributed by atoms with Crippen molar-refractivity contribution in [3.8, 4) is 11.8 Å². The van der Waals surface area contributed by atoms with E-state index in [-0.39, 0.29) is 0 Å². The number of nitriles is 1. The molecule has 0 saturated carbocycles. The summed E-state index contributed by atoms with van der Waals surface area (Å²) in [5.41, 5.74) is 3.95. The fourth-order valence-corrected chi connectivity index (χ4v) is 4.13. The number of fused-ring (bicyclic) bond motifs is 1. The van der Waals surface area contributed by atoms with Crippen LogP contribution in [0.2, 0.25) is 0 Å². The summed E-state index contributed by atoms with van der Waals surface area (Å²) in [4.78, 5) is 5.73. The molecule has 3 aromatic rings. The van der Waals surface area contributed by atoms with Crippen LogP contribution in [0.1, 0.15) is 29.5 Å². The minimum atomic E-state index is 0.385. The van der Waals surface area contributed by atoms with Gasteiger partial charge in [0.25, 0.3) is 0 Å². The fourth-order valence-electron chi connectivity index (χ4n) is 4.13. The SMILES string of the molecule is N#Cc1cccc2c(C[C@H]3CCCN(Cc4ccccc4O)C3)c[nH]c12. The van der Waals surface area contributed by atoms with E-state index < -0.39 is 0 Å². The zero-order valence-electron chi connectivity index (χ0n) is 14.8. The molecule has 1 atom stereocenters. The van der Waals surface area contributed by atoms with Crippen LogP contribution in [0.4, 0.5) is 0 Å². The Morgan fingerprint density at radius 3 is 2.88 bits per heavy atom. The van der Waals surface area contributed by atoms with Crippen LogP contribution < -0.4 is 0 Å². The van der Waals surface area contributed by atoms with Gasteiger partial charge in [-0.15, -0.1) is 0 Å². The standard InChI is InChI=1S/C22H23N3O/c23-12-17-7-3-8-20-19(13-24-22(17)20)11-16-5-4-10-25(14-16)15-18-6-1-2-9-21(18)26/h1-3,6-9,13,16,24,26H,4-5,10-11,14-15H2/t16-/m1/s1. The molecular weight excluding hydrogens is 322 g/mol. The summed E-state index contributed by atoms with van der Waals surface area (Å²) in [7, 11) is 0. The van der Waals surface area contributed by atoms with E-state index in [0.29, 0.717) is 17.2 Å². The highest BCUT2D eigenvalue weighted by Gasteiger charge is 2.22. The molecule has 0 spiro atoms. The van der Waals surface area contributed by atoms with Crippen molar-refractivity contribution in [3.05, 3.63) is 65.4 Å². The molecule has 1 fully saturated rings. The van der Waals surface area contributed by atoms with Crippen molar-refractivity contribution >= 4 is 10.9 Å². The molecule has 4 rings (SSSR count). The molecule has 0 aliphatic carbocycles. The van der Waals surface area contributed by atoms with Crippen LogP contribution in [-0.4, -0.2) is 28.1 Å². The first-order valence-electron chi connectivity index (χ1n) is 9.23. The maximum Gasteiger partial charge on any atom is 0.120 e. The van der Waals surface area contributed by atoms with Crippen molar-refractivity contribution < 1.29 is 5.11 Å². The first-order chi connectivity index (χ1) is 12.7. The summed E-state index contributed by atoms with van der Waals surface area (Å²) in [6.07, 6.45) is 5.49. The molecule has 1 aromatic heterocycles. The lowest BCUT2D eigenvalue weighted by atomic mass is 9.90. The zero-order chi connectivity index (χ0) is 17.9. The molecule has 2 heterocycles. The van der Waals surface area contributed by atoms with Gasteiger partial charge in [-0.05, 0) is 49.4 Å². The van der Waals surface area contributed by atoms with Gasteiger partial charge in [0.15, 0.2) is 0 Å². The summed E-state index contributed by atoms with van der Waals surface area (Å²) in [6, 6.07) is 15.8. The van der Waals surface area contributed by atoms with Crippen LogP contribution in [0, 0.1) is 17.2 Å². The maximum atomic E-state index is 10.0. The third-order valence-electron chi connectivity index (χ3n) is 5.42. The van der Waals surface area contributed by atoms with E-state index in [2.05, 4.69) is 28.2 Å². The summed E-state index contributed by atoms with van der Waals surface area (Å²) >= 11 is 0. The Morgan fingerprint density at radius 1 is 1.15 bits per heavy atom. The number of aromatic hydroxyl groups is 1. The van der Waals surface area contributed by atoms with E-state index in [9.17, 15) is 10.4 Å². The van der Waals surface area contributed by atoms with Crippen LogP contribution >= 0.6 is 0 Å². The summed E-state index contributed by atoms with van der Waals surface area (Å²) in [6.45, 7) is 2.92. The Bertz CT molecular complexity index is 953. The average molecular weight is 345 g/mol. The van der Waals surface area contributed by atoms with Gasteiger partial charge < -0.3 is 10.1 Å². The zero-order valence-corrected chi connectivity index (χ0v) is 14.8. The lowest BCUT2D eigenvalue weighted by Gasteiger charge is -2.33. The molecule has 2 aromatic carbocycles. The van der Waals surface area contributed by atoms with E-state index in [4.69, 9.17) is 0 Å². The Hall–Kier alpha value is -2.77. The van der Waals surface area contributed by atoms with Crippen molar-refractivity contribution in [2.45, 2.75) is 25.8 Å². The largest absolute Gasteiger partial charge is 0.508 e. The summed E-state index contributed by atoms with van der Waals surface area (Å²) in [5, 5.41) is 20.5. The van der Waals surface area contributed by atoms with Crippen molar-refractivity contribution in [2.24, 2.45) is 5.92 Å². The third-order valence-corrected chi connectivity index (χ3v) is 5.42. The van der Waals surface area contributed by atoms with Crippen LogP contribution in [0.15, 0.2) is 48.7 Å². The first-order valence-corrected chi connectivity index (χ1v) is 9.23. The number of benzene rings is 2. The number of aromatic amines is 1. The van der Waals surface area contributed by atoms with Gasteiger partial charge >= 0.3 is 0 Å². The van der Waals surface area contributed by atoms with E-state index in [1.54, 1.807) is 6.07 Å². The number of likely N-dealkylation sites (tertiary alicyclic amines) is 1. The second-order valence-corrected chi connectivity index (χ2v) is 7.23. The highest BCUT2D eigenvalue weighted by molar-refractivity contribution is 5.87. The predicted octanol–water partition coefficient (Wildman–Crippen LogP) is 4.20. The fraction of sp³-hybridized carbons (Fsp3) is 0.318. The molecule has 0 bridgehead atoms. The van der Waals surface area contributed by atoms with Crippen LogP contribution in [0.3, 0.4) is 0 Å². The number of rotatable bonds is 4. The van der Waals surface area contributed by atoms with E-state index in [0.717, 1.165) is 37.1 Å². The molecule has 0 unspecified atom stereocenters.